The molecule has 0 amide bonds. The molecule has 0 spiro atoms. The number of hydrogen-bond acceptors (Lipinski definition) is 2. The number of nitrogens with zero attached hydrogens (tertiary/aromatic N) is 1. The lowest BCUT2D eigenvalue weighted by molar-refractivity contribution is 0.477. The summed E-state index contributed by atoms with van der Waals surface area (Å²) in [6, 6.07) is 17.4. The van der Waals surface area contributed by atoms with Crippen molar-refractivity contribution in [2.45, 2.75) is 12.8 Å². The maximum atomic E-state index is 9.51. The van der Waals surface area contributed by atoms with Crippen molar-refractivity contribution >= 4 is 11.9 Å². The summed E-state index contributed by atoms with van der Waals surface area (Å²) in [5.74, 6) is 0.225. The van der Waals surface area contributed by atoms with E-state index >= 15 is 0 Å². The molecule has 86 valence electrons. The molecule has 2 aromatic rings. The van der Waals surface area contributed by atoms with Gasteiger partial charge in [0.1, 0.15) is 11.4 Å². The number of aryl methyl sites for hydroxylation is 1. The Morgan fingerprint density at radius 3 is 2.41 bits per heavy atom. The van der Waals surface area contributed by atoms with Crippen LogP contribution in [0.4, 0.5) is 5.69 Å². The Kier molecular flexibility index (Phi) is 3.92. The van der Waals surface area contributed by atoms with Crippen LogP contribution in [0, 0.1) is 0 Å². The molecule has 2 aromatic carbocycles. The predicted octanol–water partition coefficient (Wildman–Crippen LogP) is 3.73. The van der Waals surface area contributed by atoms with Crippen molar-refractivity contribution in [3.05, 3.63) is 60.2 Å². The van der Waals surface area contributed by atoms with E-state index in [1.165, 1.54) is 5.56 Å². The second-order valence-corrected chi connectivity index (χ2v) is 3.82. The zero-order chi connectivity index (χ0) is 11.9. The minimum absolute atomic E-state index is 0.225. The molecule has 2 heteroatoms. The number of phenols is 1. The van der Waals surface area contributed by atoms with Crippen LogP contribution < -0.4 is 0 Å². The van der Waals surface area contributed by atoms with Gasteiger partial charge in [-0.1, -0.05) is 42.5 Å². The molecule has 0 aliphatic carbocycles. The Labute approximate surface area is 101 Å². The highest BCUT2D eigenvalue weighted by Gasteiger charge is 1.94. The van der Waals surface area contributed by atoms with Crippen LogP contribution in [0.25, 0.3) is 0 Å². The third kappa shape index (κ3) is 3.45. The van der Waals surface area contributed by atoms with E-state index in [0.717, 1.165) is 12.8 Å². The Hall–Kier alpha value is -2.09. The molecule has 0 unspecified atom stereocenters. The standard InChI is InChI=1S/C15H15NO/c17-15-11-5-4-10-14(15)16-12-6-9-13-7-2-1-3-8-13/h1-5,7-8,10-12,17H,6,9H2. The van der Waals surface area contributed by atoms with Crippen molar-refractivity contribution < 1.29 is 5.11 Å². The summed E-state index contributed by atoms with van der Waals surface area (Å²) < 4.78 is 0. The maximum absolute atomic E-state index is 9.51. The minimum atomic E-state index is 0.225. The SMILES string of the molecule is Oc1ccccc1N=CCCc1ccccc1. The molecule has 17 heavy (non-hydrogen) atoms. The second kappa shape index (κ2) is 5.85. The minimum Gasteiger partial charge on any atom is -0.506 e. The van der Waals surface area contributed by atoms with E-state index in [9.17, 15) is 5.11 Å². The fourth-order valence-electron chi connectivity index (χ4n) is 1.61. The maximum Gasteiger partial charge on any atom is 0.141 e. The smallest absolute Gasteiger partial charge is 0.141 e. The summed E-state index contributed by atoms with van der Waals surface area (Å²) in [7, 11) is 0. The van der Waals surface area contributed by atoms with Gasteiger partial charge in [0.2, 0.25) is 0 Å². The van der Waals surface area contributed by atoms with E-state index in [1.807, 2.05) is 30.5 Å². The van der Waals surface area contributed by atoms with Gasteiger partial charge in [0.15, 0.2) is 0 Å². The summed E-state index contributed by atoms with van der Waals surface area (Å²) in [5.41, 5.74) is 1.93. The fourth-order valence-corrected chi connectivity index (χ4v) is 1.61. The van der Waals surface area contributed by atoms with E-state index in [4.69, 9.17) is 0 Å². The van der Waals surface area contributed by atoms with Crippen LogP contribution in [-0.4, -0.2) is 11.3 Å². The summed E-state index contributed by atoms with van der Waals surface area (Å²) in [6.45, 7) is 0. The van der Waals surface area contributed by atoms with E-state index < -0.39 is 0 Å². The quantitative estimate of drug-likeness (QED) is 0.790. The van der Waals surface area contributed by atoms with Crippen LogP contribution >= 0.6 is 0 Å². The zero-order valence-corrected chi connectivity index (χ0v) is 9.58. The van der Waals surface area contributed by atoms with Gasteiger partial charge < -0.3 is 5.11 Å². The largest absolute Gasteiger partial charge is 0.506 e. The van der Waals surface area contributed by atoms with Gasteiger partial charge in [-0.2, -0.15) is 0 Å². The van der Waals surface area contributed by atoms with Crippen molar-refractivity contribution in [3.8, 4) is 5.75 Å². The van der Waals surface area contributed by atoms with Crippen LogP contribution in [0.5, 0.6) is 5.75 Å². The van der Waals surface area contributed by atoms with Crippen LogP contribution in [-0.2, 0) is 6.42 Å². The first kappa shape index (κ1) is 11.4. The van der Waals surface area contributed by atoms with Gasteiger partial charge in [-0.3, -0.25) is 4.99 Å². The number of hydrogen-bond donors (Lipinski definition) is 1. The first-order chi connectivity index (χ1) is 8.36. The number of rotatable bonds is 4. The number of para-hydroxylation sites is 2. The summed E-state index contributed by atoms with van der Waals surface area (Å²) in [6.07, 6.45) is 3.69. The van der Waals surface area contributed by atoms with Gasteiger partial charge in [-0.25, -0.2) is 0 Å². The Bertz CT molecular complexity index is 491. The van der Waals surface area contributed by atoms with Crippen molar-refractivity contribution in [1.82, 2.24) is 0 Å². The molecule has 2 rings (SSSR count). The van der Waals surface area contributed by atoms with Gasteiger partial charge in [0.25, 0.3) is 0 Å². The number of phenolic OH excluding ortho intramolecular Hbond substituents is 1. The summed E-state index contributed by atoms with van der Waals surface area (Å²) >= 11 is 0. The first-order valence-corrected chi connectivity index (χ1v) is 5.71. The number of benzene rings is 2. The van der Waals surface area contributed by atoms with E-state index in [0.29, 0.717) is 5.69 Å². The average Bonchev–Trinajstić information content (AvgIpc) is 2.38. The van der Waals surface area contributed by atoms with Crippen LogP contribution in [0.3, 0.4) is 0 Å². The average molecular weight is 225 g/mol. The second-order valence-electron chi connectivity index (χ2n) is 3.82. The summed E-state index contributed by atoms with van der Waals surface area (Å²) in [4.78, 5) is 4.25. The highest BCUT2D eigenvalue weighted by atomic mass is 16.3. The monoisotopic (exact) mass is 225 g/mol. The molecule has 0 bridgehead atoms. The normalized spacial score (nSPS) is 10.8. The molecular formula is C15H15NO. The predicted molar refractivity (Wildman–Crippen MR) is 71.0 cm³/mol. The van der Waals surface area contributed by atoms with Crippen molar-refractivity contribution in [3.63, 3.8) is 0 Å². The molecule has 0 saturated carbocycles. The molecule has 0 aliphatic rings. The van der Waals surface area contributed by atoms with Crippen LogP contribution in [0.1, 0.15) is 12.0 Å². The molecule has 0 atom stereocenters. The molecule has 0 radical (unpaired) electrons. The lowest BCUT2D eigenvalue weighted by Gasteiger charge is -1.98. The lowest BCUT2D eigenvalue weighted by atomic mass is 10.1. The molecule has 0 heterocycles. The third-order valence-corrected chi connectivity index (χ3v) is 2.52. The molecule has 1 N–H and O–H groups in total. The Morgan fingerprint density at radius 1 is 0.941 bits per heavy atom. The van der Waals surface area contributed by atoms with E-state index in [-0.39, 0.29) is 5.75 Å². The highest BCUT2D eigenvalue weighted by Crippen LogP contribution is 2.24. The Morgan fingerprint density at radius 2 is 1.65 bits per heavy atom. The fraction of sp³-hybridized carbons (Fsp3) is 0.133. The first-order valence-electron chi connectivity index (χ1n) is 5.71. The van der Waals surface area contributed by atoms with Gasteiger partial charge in [0, 0.05) is 6.21 Å². The number of aromatic hydroxyl groups is 1. The Balaban J connectivity index is 1.89. The molecular weight excluding hydrogens is 210 g/mol. The molecule has 0 aliphatic heterocycles. The van der Waals surface area contributed by atoms with Crippen molar-refractivity contribution in [2.75, 3.05) is 0 Å². The molecule has 0 saturated heterocycles. The molecule has 0 aromatic heterocycles. The summed E-state index contributed by atoms with van der Waals surface area (Å²) in [5, 5.41) is 9.51. The van der Waals surface area contributed by atoms with E-state index in [1.54, 1.807) is 18.2 Å². The van der Waals surface area contributed by atoms with Crippen molar-refractivity contribution in [1.29, 1.82) is 0 Å². The lowest BCUT2D eigenvalue weighted by Crippen LogP contribution is -1.84. The van der Waals surface area contributed by atoms with Crippen LogP contribution in [0.15, 0.2) is 59.6 Å². The molecule has 2 nitrogen and oxygen atoms in total. The van der Waals surface area contributed by atoms with Gasteiger partial charge in [0.05, 0.1) is 0 Å². The van der Waals surface area contributed by atoms with Crippen molar-refractivity contribution in [2.24, 2.45) is 4.99 Å². The highest BCUT2D eigenvalue weighted by molar-refractivity contribution is 5.66. The zero-order valence-electron chi connectivity index (χ0n) is 9.58. The third-order valence-electron chi connectivity index (χ3n) is 2.52. The van der Waals surface area contributed by atoms with E-state index in [2.05, 4.69) is 17.1 Å². The number of aliphatic imine (C=N–C) groups is 1. The van der Waals surface area contributed by atoms with Crippen LogP contribution in [0.2, 0.25) is 0 Å². The van der Waals surface area contributed by atoms with Gasteiger partial charge in [-0.05, 0) is 30.5 Å². The topological polar surface area (TPSA) is 32.6 Å². The van der Waals surface area contributed by atoms with Gasteiger partial charge in [-0.15, -0.1) is 0 Å². The van der Waals surface area contributed by atoms with Gasteiger partial charge >= 0.3 is 0 Å². The molecule has 0 fully saturated rings.